The van der Waals surface area contributed by atoms with Gasteiger partial charge in [0.05, 0.1) is 12.2 Å². The summed E-state index contributed by atoms with van der Waals surface area (Å²) in [5.74, 6) is 2.03. The number of carbonyl (C=O) groups excluding carboxylic acids is 1. The molecule has 3 aromatic carbocycles. The Morgan fingerprint density at radius 1 is 0.966 bits per heavy atom. The van der Waals surface area contributed by atoms with Gasteiger partial charge in [-0.05, 0) is 48.9 Å². The van der Waals surface area contributed by atoms with E-state index in [1.54, 1.807) is 24.3 Å². The molecule has 0 aliphatic carbocycles. The van der Waals surface area contributed by atoms with Crippen LogP contribution in [0, 0.1) is 0 Å². The summed E-state index contributed by atoms with van der Waals surface area (Å²) in [4.78, 5) is 12.6. The van der Waals surface area contributed by atoms with Crippen LogP contribution in [0.15, 0.2) is 72.5 Å². The molecular weight excluding hydrogens is 388 g/mol. The summed E-state index contributed by atoms with van der Waals surface area (Å²) in [6, 6.07) is 20.2. The molecule has 1 aliphatic heterocycles. The van der Waals surface area contributed by atoms with Gasteiger partial charge in [0, 0.05) is 16.7 Å². The third-order valence-corrected chi connectivity index (χ3v) is 4.85. The SMILES string of the molecule is CCOc1ccc(C=C2Oc3cc(OCc4ccccc4Cl)ccc3C2=O)cc1. The Hall–Kier alpha value is -3.24. The lowest BCUT2D eigenvalue weighted by molar-refractivity contribution is 0.101. The highest BCUT2D eigenvalue weighted by Gasteiger charge is 2.27. The van der Waals surface area contributed by atoms with Gasteiger partial charge in [0.2, 0.25) is 5.78 Å². The Kier molecular flexibility index (Phi) is 5.54. The largest absolute Gasteiger partial charge is 0.494 e. The Labute approximate surface area is 174 Å². The van der Waals surface area contributed by atoms with Crippen molar-refractivity contribution in [1.82, 2.24) is 0 Å². The first-order valence-corrected chi connectivity index (χ1v) is 9.69. The predicted octanol–water partition coefficient (Wildman–Crippen LogP) is 5.93. The van der Waals surface area contributed by atoms with Gasteiger partial charge < -0.3 is 14.2 Å². The first kappa shape index (κ1) is 19.1. The molecule has 29 heavy (non-hydrogen) atoms. The van der Waals surface area contributed by atoms with Gasteiger partial charge in [-0.15, -0.1) is 0 Å². The average Bonchev–Trinajstić information content (AvgIpc) is 3.04. The highest BCUT2D eigenvalue weighted by atomic mass is 35.5. The molecular formula is C24H19ClO4. The second-order valence-corrected chi connectivity index (χ2v) is 6.89. The van der Waals surface area contributed by atoms with Crippen LogP contribution < -0.4 is 14.2 Å². The summed E-state index contributed by atoms with van der Waals surface area (Å²) in [5, 5.41) is 0.653. The summed E-state index contributed by atoms with van der Waals surface area (Å²) >= 11 is 6.16. The smallest absolute Gasteiger partial charge is 0.231 e. The van der Waals surface area contributed by atoms with Gasteiger partial charge in [-0.25, -0.2) is 0 Å². The molecule has 0 amide bonds. The molecule has 1 heterocycles. The molecule has 0 fully saturated rings. The van der Waals surface area contributed by atoms with Crippen molar-refractivity contribution in [3.05, 3.63) is 94.2 Å². The molecule has 0 saturated heterocycles. The molecule has 146 valence electrons. The minimum Gasteiger partial charge on any atom is -0.494 e. The van der Waals surface area contributed by atoms with Crippen LogP contribution >= 0.6 is 11.6 Å². The monoisotopic (exact) mass is 406 g/mol. The number of fused-ring (bicyclic) bond motifs is 1. The minimum absolute atomic E-state index is 0.147. The second kappa shape index (κ2) is 8.41. The van der Waals surface area contributed by atoms with Crippen molar-refractivity contribution in [3.8, 4) is 17.2 Å². The Balaban J connectivity index is 1.48. The minimum atomic E-state index is -0.147. The normalized spacial score (nSPS) is 13.9. The van der Waals surface area contributed by atoms with Crippen molar-refractivity contribution in [2.24, 2.45) is 0 Å². The van der Waals surface area contributed by atoms with Crippen LogP contribution in [-0.2, 0) is 6.61 Å². The molecule has 0 saturated carbocycles. The van der Waals surface area contributed by atoms with E-state index >= 15 is 0 Å². The number of allylic oxidation sites excluding steroid dienone is 1. The van der Waals surface area contributed by atoms with E-state index in [9.17, 15) is 4.79 Å². The van der Waals surface area contributed by atoms with Gasteiger partial charge in [0.1, 0.15) is 23.9 Å². The number of benzene rings is 3. The molecule has 0 aromatic heterocycles. The second-order valence-electron chi connectivity index (χ2n) is 6.48. The lowest BCUT2D eigenvalue weighted by Gasteiger charge is -2.08. The number of ether oxygens (including phenoxy) is 3. The van der Waals surface area contributed by atoms with Gasteiger partial charge in [0.15, 0.2) is 5.76 Å². The zero-order valence-corrected chi connectivity index (χ0v) is 16.6. The van der Waals surface area contributed by atoms with Crippen molar-refractivity contribution in [2.75, 3.05) is 6.61 Å². The van der Waals surface area contributed by atoms with Crippen LogP contribution in [-0.4, -0.2) is 12.4 Å². The molecule has 0 spiro atoms. The molecule has 4 rings (SSSR count). The number of halogens is 1. The fourth-order valence-electron chi connectivity index (χ4n) is 3.01. The molecule has 3 aromatic rings. The Morgan fingerprint density at radius 2 is 1.72 bits per heavy atom. The molecule has 5 heteroatoms. The highest BCUT2D eigenvalue weighted by Crippen LogP contribution is 2.35. The summed E-state index contributed by atoms with van der Waals surface area (Å²) < 4.78 is 17.0. The molecule has 0 bridgehead atoms. The van der Waals surface area contributed by atoms with Crippen molar-refractivity contribution in [3.63, 3.8) is 0 Å². The summed E-state index contributed by atoms with van der Waals surface area (Å²) in [5.41, 5.74) is 2.27. The van der Waals surface area contributed by atoms with E-state index in [4.69, 9.17) is 25.8 Å². The molecule has 0 radical (unpaired) electrons. The fourth-order valence-corrected chi connectivity index (χ4v) is 3.20. The van der Waals surface area contributed by atoms with E-state index in [1.807, 2.05) is 55.5 Å². The maximum Gasteiger partial charge on any atom is 0.231 e. The van der Waals surface area contributed by atoms with E-state index in [0.29, 0.717) is 35.3 Å². The summed E-state index contributed by atoms with van der Waals surface area (Å²) in [6.45, 7) is 2.88. The molecule has 0 atom stereocenters. The van der Waals surface area contributed by atoms with E-state index < -0.39 is 0 Å². The first-order chi connectivity index (χ1) is 14.1. The van der Waals surface area contributed by atoms with Gasteiger partial charge in [-0.3, -0.25) is 4.79 Å². The number of rotatable bonds is 6. The van der Waals surface area contributed by atoms with E-state index in [-0.39, 0.29) is 11.5 Å². The number of hydrogen-bond donors (Lipinski definition) is 0. The third-order valence-electron chi connectivity index (χ3n) is 4.48. The van der Waals surface area contributed by atoms with Crippen LogP contribution in [0.5, 0.6) is 17.2 Å². The van der Waals surface area contributed by atoms with Crippen molar-refractivity contribution < 1.29 is 19.0 Å². The molecule has 0 N–H and O–H groups in total. The summed E-state index contributed by atoms with van der Waals surface area (Å²) in [7, 11) is 0. The van der Waals surface area contributed by atoms with E-state index in [1.165, 1.54) is 0 Å². The zero-order valence-electron chi connectivity index (χ0n) is 15.9. The number of carbonyl (C=O) groups is 1. The number of ketones is 1. The van der Waals surface area contributed by atoms with Gasteiger partial charge >= 0.3 is 0 Å². The van der Waals surface area contributed by atoms with E-state index in [0.717, 1.165) is 16.9 Å². The maximum absolute atomic E-state index is 12.6. The number of Topliss-reactive ketones (excluding diaryl/α,β-unsaturated/α-hetero) is 1. The average molecular weight is 407 g/mol. The van der Waals surface area contributed by atoms with Crippen LogP contribution in [0.4, 0.5) is 0 Å². The van der Waals surface area contributed by atoms with Crippen LogP contribution in [0.25, 0.3) is 6.08 Å². The fraction of sp³-hybridized carbons (Fsp3) is 0.125. The lowest BCUT2D eigenvalue weighted by Crippen LogP contribution is -1.98. The first-order valence-electron chi connectivity index (χ1n) is 9.31. The number of hydrogen-bond acceptors (Lipinski definition) is 4. The highest BCUT2D eigenvalue weighted by molar-refractivity contribution is 6.31. The van der Waals surface area contributed by atoms with E-state index in [2.05, 4.69) is 0 Å². The maximum atomic E-state index is 12.6. The van der Waals surface area contributed by atoms with Gasteiger partial charge in [0.25, 0.3) is 0 Å². The van der Waals surface area contributed by atoms with Gasteiger partial charge in [-0.2, -0.15) is 0 Å². The van der Waals surface area contributed by atoms with Crippen molar-refractivity contribution >= 4 is 23.5 Å². The van der Waals surface area contributed by atoms with Crippen molar-refractivity contribution in [1.29, 1.82) is 0 Å². The van der Waals surface area contributed by atoms with Gasteiger partial charge in [-0.1, -0.05) is 41.9 Å². The predicted molar refractivity (Wildman–Crippen MR) is 113 cm³/mol. The standard InChI is InChI=1S/C24H19ClO4/c1-2-27-18-9-7-16(8-10-18)13-23-24(26)20-12-11-19(14-22(20)29-23)28-15-17-5-3-4-6-21(17)25/h3-14H,2,15H2,1H3. The van der Waals surface area contributed by atoms with Crippen LogP contribution in [0.2, 0.25) is 5.02 Å². The zero-order chi connectivity index (χ0) is 20.2. The van der Waals surface area contributed by atoms with Crippen molar-refractivity contribution in [2.45, 2.75) is 13.5 Å². The Bertz CT molecular complexity index is 1070. The Morgan fingerprint density at radius 3 is 2.48 bits per heavy atom. The molecule has 1 aliphatic rings. The quantitative estimate of drug-likeness (QED) is 0.475. The lowest BCUT2D eigenvalue weighted by atomic mass is 10.1. The third kappa shape index (κ3) is 4.28. The molecule has 4 nitrogen and oxygen atoms in total. The molecule has 0 unspecified atom stereocenters. The van der Waals surface area contributed by atoms with Crippen LogP contribution in [0.1, 0.15) is 28.4 Å². The summed E-state index contributed by atoms with van der Waals surface area (Å²) in [6.07, 6.45) is 1.72. The van der Waals surface area contributed by atoms with Crippen LogP contribution in [0.3, 0.4) is 0 Å². The topological polar surface area (TPSA) is 44.8 Å².